The molecule has 0 unspecified atom stereocenters. The molecule has 2 rings (SSSR count). The highest BCUT2D eigenvalue weighted by Crippen LogP contribution is 2.30. The fourth-order valence-corrected chi connectivity index (χ4v) is 2.65. The number of ether oxygens (including phenoxy) is 1. The third kappa shape index (κ3) is 3.59. The number of hydrogen-bond acceptors (Lipinski definition) is 4. The van der Waals surface area contributed by atoms with Crippen LogP contribution in [0.1, 0.15) is 32.1 Å². The van der Waals surface area contributed by atoms with Crippen LogP contribution in [0.5, 0.6) is 5.75 Å². The standard InChI is InChI=1S/C14H20N2O3/c1-19-12-6-7-14(16(17)18)13(10-12)15-9-8-11-4-2-3-5-11/h6-7,10-11,15H,2-5,8-9H2,1H3. The lowest BCUT2D eigenvalue weighted by atomic mass is 10.0. The van der Waals surface area contributed by atoms with E-state index in [1.807, 2.05) is 0 Å². The van der Waals surface area contributed by atoms with Crippen molar-refractivity contribution in [1.82, 2.24) is 0 Å². The van der Waals surface area contributed by atoms with E-state index >= 15 is 0 Å². The number of hydrogen-bond donors (Lipinski definition) is 1. The molecule has 0 saturated heterocycles. The minimum atomic E-state index is -0.364. The van der Waals surface area contributed by atoms with Gasteiger partial charge in [-0.05, 0) is 18.4 Å². The first-order chi connectivity index (χ1) is 9.20. The predicted molar refractivity (Wildman–Crippen MR) is 74.7 cm³/mol. The molecule has 0 aromatic heterocycles. The maximum absolute atomic E-state index is 11.0. The Kier molecular flexibility index (Phi) is 4.60. The van der Waals surface area contributed by atoms with Gasteiger partial charge in [0.15, 0.2) is 0 Å². The number of nitro groups is 1. The van der Waals surface area contributed by atoms with Crippen LogP contribution in [0.4, 0.5) is 11.4 Å². The minimum absolute atomic E-state index is 0.104. The molecule has 0 bridgehead atoms. The molecule has 0 radical (unpaired) electrons. The van der Waals surface area contributed by atoms with Gasteiger partial charge in [-0.2, -0.15) is 0 Å². The summed E-state index contributed by atoms with van der Waals surface area (Å²) in [6, 6.07) is 4.78. The summed E-state index contributed by atoms with van der Waals surface area (Å²) in [5.41, 5.74) is 0.648. The highest BCUT2D eigenvalue weighted by molar-refractivity contribution is 5.64. The first-order valence-corrected chi connectivity index (χ1v) is 6.77. The molecule has 5 heteroatoms. The van der Waals surface area contributed by atoms with Crippen molar-refractivity contribution in [2.24, 2.45) is 5.92 Å². The molecule has 1 N–H and O–H groups in total. The van der Waals surface area contributed by atoms with Crippen molar-refractivity contribution in [2.45, 2.75) is 32.1 Å². The minimum Gasteiger partial charge on any atom is -0.497 e. The molecule has 1 fully saturated rings. The maximum atomic E-state index is 11.0. The molecule has 0 aliphatic heterocycles. The molecule has 0 heterocycles. The van der Waals surface area contributed by atoms with Gasteiger partial charge in [0.05, 0.1) is 12.0 Å². The topological polar surface area (TPSA) is 64.4 Å². The molecule has 104 valence electrons. The summed E-state index contributed by atoms with van der Waals surface area (Å²) in [4.78, 5) is 10.6. The van der Waals surface area contributed by atoms with Crippen molar-refractivity contribution in [3.63, 3.8) is 0 Å². The zero-order valence-electron chi connectivity index (χ0n) is 11.2. The van der Waals surface area contributed by atoms with E-state index in [1.54, 1.807) is 19.2 Å². The van der Waals surface area contributed by atoms with Crippen molar-refractivity contribution in [2.75, 3.05) is 19.0 Å². The Morgan fingerprint density at radius 1 is 1.42 bits per heavy atom. The molecule has 0 amide bonds. The zero-order valence-corrected chi connectivity index (χ0v) is 11.2. The van der Waals surface area contributed by atoms with Gasteiger partial charge in [-0.15, -0.1) is 0 Å². The summed E-state index contributed by atoms with van der Waals surface area (Å²) in [6.07, 6.45) is 6.31. The zero-order chi connectivity index (χ0) is 13.7. The normalized spacial score (nSPS) is 15.4. The number of methoxy groups -OCH3 is 1. The van der Waals surface area contributed by atoms with Gasteiger partial charge in [0.2, 0.25) is 0 Å². The van der Waals surface area contributed by atoms with Crippen molar-refractivity contribution in [1.29, 1.82) is 0 Å². The third-order valence-corrected chi connectivity index (χ3v) is 3.74. The Balaban J connectivity index is 1.98. The van der Waals surface area contributed by atoms with Gasteiger partial charge in [0.1, 0.15) is 11.4 Å². The number of nitro benzene ring substituents is 1. The Bertz CT molecular complexity index is 442. The van der Waals surface area contributed by atoms with Gasteiger partial charge in [-0.3, -0.25) is 10.1 Å². The van der Waals surface area contributed by atoms with Crippen molar-refractivity contribution < 1.29 is 9.66 Å². The summed E-state index contributed by atoms with van der Waals surface area (Å²) in [7, 11) is 1.56. The summed E-state index contributed by atoms with van der Waals surface area (Å²) in [5, 5.41) is 14.1. The van der Waals surface area contributed by atoms with Gasteiger partial charge in [-0.1, -0.05) is 25.7 Å². The van der Waals surface area contributed by atoms with Crippen LogP contribution in [0, 0.1) is 16.0 Å². The SMILES string of the molecule is COc1ccc([N+](=O)[O-])c(NCCC2CCCC2)c1. The van der Waals surface area contributed by atoms with E-state index in [0.717, 1.165) is 18.9 Å². The molecule has 1 aromatic rings. The first-order valence-electron chi connectivity index (χ1n) is 6.77. The van der Waals surface area contributed by atoms with E-state index in [-0.39, 0.29) is 10.6 Å². The highest BCUT2D eigenvalue weighted by Gasteiger charge is 2.17. The van der Waals surface area contributed by atoms with Gasteiger partial charge < -0.3 is 10.1 Å². The molecule has 1 aliphatic rings. The molecular weight excluding hydrogens is 244 g/mol. The number of rotatable bonds is 6. The molecule has 1 aromatic carbocycles. The maximum Gasteiger partial charge on any atom is 0.292 e. The third-order valence-electron chi connectivity index (χ3n) is 3.74. The van der Waals surface area contributed by atoms with Crippen LogP contribution < -0.4 is 10.1 Å². The first kappa shape index (κ1) is 13.6. The lowest BCUT2D eigenvalue weighted by molar-refractivity contribution is -0.384. The second-order valence-electron chi connectivity index (χ2n) is 5.01. The highest BCUT2D eigenvalue weighted by atomic mass is 16.6. The number of nitrogens with zero attached hydrogens (tertiary/aromatic N) is 1. The number of benzene rings is 1. The van der Waals surface area contributed by atoms with Crippen LogP contribution in [-0.2, 0) is 0 Å². The molecule has 0 atom stereocenters. The summed E-state index contributed by atoms with van der Waals surface area (Å²) in [5.74, 6) is 1.41. The van der Waals surface area contributed by atoms with Crippen LogP contribution in [0.3, 0.4) is 0 Å². The van der Waals surface area contributed by atoms with E-state index in [4.69, 9.17) is 4.74 Å². The second kappa shape index (κ2) is 6.41. The quantitative estimate of drug-likeness (QED) is 0.630. The van der Waals surface area contributed by atoms with E-state index in [2.05, 4.69) is 5.32 Å². The van der Waals surface area contributed by atoms with E-state index in [0.29, 0.717) is 11.4 Å². The average Bonchev–Trinajstić information content (AvgIpc) is 2.91. The van der Waals surface area contributed by atoms with Crippen molar-refractivity contribution in [3.05, 3.63) is 28.3 Å². The van der Waals surface area contributed by atoms with Crippen LogP contribution >= 0.6 is 0 Å². The molecule has 19 heavy (non-hydrogen) atoms. The van der Waals surface area contributed by atoms with Crippen molar-refractivity contribution >= 4 is 11.4 Å². The molecule has 0 spiro atoms. The van der Waals surface area contributed by atoms with Crippen LogP contribution in [0.25, 0.3) is 0 Å². The Hall–Kier alpha value is -1.78. The van der Waals surface area contributed by atoms with Gasteiger partial charge in [0, 0.05) is 18.7 Å². The smallest absolute Gasteiger partial charge is 0.292 e. The summed E-state index contributed by atoms with van der Waals surface area (Å²) in [6.45, 7) is 0.776. The summed E-state index contributed by atoms with van der Waals surface area (Å²) < 4.78 is 5.11. The van der Waals surface area contributed by atoms with E-state index in [9.17, 15) is 10.1 Å². The molecule has 1 aliphatic carbocycles. The van der Waals surface area contributed by atoms with Crippen molar-refractivity contribution in [3.8, 4) is 5.75 Å². The lowest BCUT2D eigenvalue weighted by Crippen LogP contribution is -2.08. The van der Waals surface area contributed by atoms with Crippen LogP contribution in [0.15, 0.2) is 18.2 Å². The largest absolute Gasteiger partial charge is 0.497 e. The average molecular weight is 264 g/mol. The van der Waals surface area contributed by atoms with Gasteiger partial charge in [0.25, 0.3) is 5.69 Å². The molecule has 5 nitrogen and oxygen atoms in total. The summed E-state index contributed by atoms with van der Waals surface area (Å²) >= 11 is 0. The predicted octanol–water partition coefficient (Wildman–Crippen LogP) is 3.60. The van der Waals surface area contributed by atoms with E-state index in [1.165, 1.54) is 31.7 Å². The number of anilines is 1. The lowest BCUT2D eigenvalue weighted by Gasteiger charge is -2.11. The van der Waals surface area contributed by atoms with Gasteiger partial charge in [-0.25, -0.2) is 0 Å². The van der Waals surface area contributed by atoms with Gasteiger partial charge >= 0.3 is 0 Å². The fraction of sp³-hybridized carbons (Fsp3) is 0.571. The Labute approximate surface area is 113 Å². The Morgan fingerprint density at radius 3 is 2.79 bits per heavy atom. The molecular formula is C14H20N2O3. The van der Waals surface area contributed by atoms with E-state index < -0.39 is 0 Å². The van der Waals surface area contributed by atoms with Crippen LogP contribution in [0.2, 0.25) is 0 Å². The fourth-order valence-electron chi connectivity index (χ4n) is 2.65. The Morgan fingerprint density at radius 2 is 2.16 bits per heavy atom. The molecule has 1 saturated carbocycles. The second-order valence-corrected chi connectivity index (χ2v) is 5.01. The monoisotopic (exact) mass is 264 g/mol. The van der Waals surface area contributed by atoms with Crippen LogP contribution in [-0.4, -0.2) is 18.6 Å². The number of nitrogens with one attached hydrogen (secondary N) is 1.